The third-order valence-electron chi connectivity index (χ3n) is 1.89. The van der Waals surface area contributed by atoms with Gasteiger partial charge in [0.2, 0.25) is 0 Å². The van der Waals surface area contributed by atoms with Crippen molar-refractivity contribution in [2.24, 2.45) is 0 Å². The first-order valence-corrected chi connectivity index (χ1v) is 4.19. The van der Waals surface area contributed by atoms with Crippen molar-refractivity contribution in [3.05, 3.63) is 30.2 Å². The molecule has 0 bridgehead atoms. The second-order valence-corrected chi connectivity index (χ2v) is 2.80. The number of aromatic nitrogens is 3. The molecular formula is C9H11N3. The summed E-state index contributed by atoms with van der Waals surface area (Å²) in [6.07, 6.45) is 3.79. The highest BCUT2D eigenvalue weighted by molar-refractivity contribution is 5.37. The Hall–Kier alpha value is -1.38. The smallest absolute Gasteiger partial charge is 0.155 e. The second-order valence-electron chi connectivity index (χ2n) is 2.80. The van der Waals surface area contributed by atoms with Gasteiger partial charge in [-0.25, -0.2) is 9.50 Å². The lowest BCUT2D eigenvalue weighted by Gasteiger charge is -2.00. The summed E-state index contributed by atoms with van der Waals surface area (Å²) < 4.78 is 1.89. The van der Waals surface area contributed by atoms with Crippen molar-refractivity contribution < 1.29 is 0 Å². The van der Waals surface area contributed by atoms with E-state index < -0.39 is 0 Å². The fourth-order valence-electron chi connectivity index (χ4n) is 1.35. The van der Waals surface area contributed by atoms with Crippen LogP contribution in [0, 0.1) is 0 Å². The minimum atomic E-state index is 0.931. The molecule has 0 N–H and O–H groups in total. The Morgan fingerprint density at radius 1 is 1.42 bits per heavy atom. The molecule has 0 atom stereocenters. The highest BCUT2D eigenvalue weighted by atomic mass is 15.3. The van der Waals surface area contributed by atoms with Crippen molar-refractivity contribution in [3.8, 4) is 0 Å². The predicted molar refractivity (Wildman–Crippen MR) is 47.0 cm³/mol. The molecule has 0 aliphatic rings. The molecule has 0 aliphatic carbocycles. The van der Waals surface area contributed by atoms with Crippen LogP contribution >= 0.6 is 0 Å². The molecule has 0 aromatic carbocycles. The van der Waals surface area contributed by atoms with Crippen LogP contribution in [0.3, 0.4) is 0 Å². The Balaban J connectivity index is 2.57. The van der Waals surface area contributed by atoms with Crippen LogP contribution in [0.25, 0.3) is 5.65 Å². The van der Waals surface area contributed by atoms with Crippen molar-refractivity contribution >= 4 is 5.65 Å². The summed E-state index contributed by atoms with van der Waals surface area (Å²) in [6, 6.07) is 6.08. The highest BCUT2D eigenvalue weighted by Gasteiger charge is 1.98. The van der Waals surface area contributed by atoms with Crippen molar-refractivity contribution in [1.29, 1.82) is 0 Å². The van der Waals surface area contributed by atoms with Gasteiger partial charge in [0.25, 0.3) is 0 Å². The van der Waals surface area contributed by atoms with E-state index in [0.29, 0.717) is 0 Å². The predicted octanol–water partition coefficient (Wildman–Crippen LogP) is 1.68. The molecule has 2 aromatic heterocycles. The summed E-state index contributed by atoms with van der Waals surface area (Å²) >= 11 is 0. The largest absolute Gasteiger partial charge is 0.218 e. The molecule has 0 aliphatic heterocycles. The third kappa shape index (κ3) is 1.07. The number of fused-ring (bicyclic) bond motifs is 1. The van der Waals surface area contributed by atoms with Crippen LogP contribution in [0.1, 0.15) is 19.0 Å². The molecule has 2 aromatic rings. The van der Waals surface area contributed by atoms with Gasteiger partial charge in [-0.1, -0.05) is 19.4 Å². The van der Waals surface area contributed by atoms with Crippen LogP contribution in [0.4, 0.5) is 0 Å². The van der Waals surface area contributed by atoms with E-state index in [1.807, 2.05) is 16.6 Å². The fraction of sp³-hybridized carbons (Fsp3) is 0.333. The molecule has 0 fully saturated rings. The summed E-state index contributed by atoms with van der Waals surface area (Å²) in [6.45, 7) is 2.16. The Labute approximate surface area is 71.1 Å². The zero-order valence-electron chi connectivity index (χ0n) is 7.07. The Bertz CT molecular complexity index is 378. The first kappa shape index (κ1) is 7.28. The standard InChI is InChI=1S/C9H11N3/c1-2-4-8-5-3-6-9-10-7-11-12(8)9/h3,5-7H,2,4H2,1H3. The zero-order chi connectivity index (χ0) is 8.39. The summed E-state index contributed by atoms with van der Waals surface area (Å²) in [7, 11) is 0. The lowest BCUT2D eigenvalue weighted by atomic mass is 10.2. The molecule has 3 heteroatoms. The number of pyridine rings is 1. The van der Waals surface area contributed by atoms with E-state index in [9.17, 15) is 0 Å². The van der Waals surface area contributed by atoms with Crippen molar-refractivity contribution in [2.75, 3.05) is 0 Å². The molecule has 0 amide bonds. The minimum Gasteiger partial charge on any atom is -0.218 e. The van der Waals surface area contributed by atoms with Gasteiger partial charge in [-0.05, 0) is 18.6 Å². The van der Waals surface area contributed by atoms with Crippen LogP contribution in [-0.2, 0) is 6.42 Å². The van der Waals surface area contributed by atoms with Gasteiger partial charge in [0, 0.05) is 5.69 Å². The number of hydrogen-bond donors (Lipinski definition) is 0. The number of aryl methyl sites for hydroxylation is 1. The number of nitrogens with zero attached hydrogens (tertiary/aromatic N) is 3. The van der Waals surface area contributed by atoms with E-state index in [-0.39, 0.29) is 0 Å². The lowest BCUT2D eigenvalue weighted by Crippen LogP contribution is -1.97. The average molecular weight is 161 g/mol. The molecular weight excluding hydrogens is 150 g/mol. The summed E-state index contributed by atoms with van der Waals surface area (Å²) in [5, 5.41) is 4.14. The SMILES string of the molecule is CCCc1cccc2ncnn12. The van der Waals surface area contributed by atoms with E-state index >= 15 is 0 Å². The maximum Gasteiger partial charge on any atom is 0.155 e. The van der Waals surface area contributed by atoms with Crippen molar-refractivity contribution in [1.82, 2.24) is 14.6 Å². The van der Waals surface area contributed by atoms with E-state index in [0.717, 1.165) is 18.5 Å². The Morgan fingerprint density at radius 2 is 2.33 bits per heavy atom. The lowest BCUT2D eigenvalue weighted by molar-refractivity contribution is 0.806. The summed E-state index contributed by atoms with van der Waals surface area (Å²) in [5.41, 5.74) is 2.16. The van der Waals surface area contributed by atoms with Gasteiger partial charge < -0.3 is 0 Å². The summed E-state index contributed by atoms with van der Waals surface area (Å²) in [5.74, 6) is 0. The van der Waals surface area contributed by atoms with Gasteiger partial charge in [-0.15, -0.1) is 0 Å². The molecule has 2 heterocycles. The third-order valence-corrected chi connectivity index (χ3v) is 1.89. The van der Waals surface area contributed by atoms with Crippen molar-refractivity contribution in [2.45, 2.75) is 19.8 Å². The van der Waals surface area contributed by atoms with Crippen LogP contribution in [-0.4, -0.2) is 14.6 Å². The molecule has 0 spiro atoms. The van der Waals surface area contributed by atoms with Gasteiger partial charge in [-0.2, -0.15) is 5.10 Å². The second kappa shape index (κ2) is 2.93. The number of hydrogen-bond acceptors (Lipinski definition) is 2. The van der Waals surface area contributed by atoms with Gasteiger partial charge in [0.15, 0.2) is 5.65 Å². The topological polar surface area (TPSA) is 30.2 Å². The van der Waals surface area contributed by atoms with Gasteiger partial charge in [-0.3, -0.25) is 0 Å². The quantitative estimate of drug-likeness (QED) is 0.670. The Kier molecular flexibility index (Phi) is 1.78. The average Bonchev–Trinajstić information content (AvgIpc) is 2.53. The highest BCUT2D eigenvalue weighted by Crippen LogP contribution is 2.05. The number of rotatable bonds is 2. The first-order valence-electron chi connectivity index (χ1n) is 4.19. The first-order chi connectivity index (χ1) is 5.92. The molecule has 12 heavy (non-hydrogen) atoms. The van der Waals surface area contributed by atoms with Crippen LogP contribution in [0.15, 0.2) is 24.5 Å². The van der Waals surface area contributed by atoms with E-state index in [1.54, 1.807) is 6.33 Å². The Morgan fingerprint density at radius 3 is 3.17 bits per heavy atom. The fourth-order valence-corrected chi connectivity index (χ4v) is 1.35. The molecule has 3 nitrogen and oxygen atoms in total. The van der Waals surface area contributed by atoms with Crippen molar-refractivity contribution in [3.63, 3.8) is 0 Å². The maximum atomic E-state index is 4.14. The molecule has 0 radical (unpaired) electrons. The van der Waals surface area contributed by atoms with E-state index in [1.165, 1.54) is 5.69 Å². The van der Waals surface area contributed by atoms with Crippen LogP contribution < -0.4 is 0 Å². The maximum absolute atomic E-state index is 4.14. The van der Waals surface area contributed by atoms with Gasteiger partial charge >= 0.3 is 0 Å². The zero-order valence-corrected chi connectivity index (χ0v) is 7.07. The minimum absolute atomic E-state index is 0.931. The van der Waals surface area contributed by atoms with Crippen LogP contribution in [0.5, 0.6) is 0 Å². The van der Waals surface area contributed by atoms with Gasteiger partial charge in [0.1, 0.15) is 6.33 Å². The van der Waals surface area contributed by atoms with E-state index in [2.05, 4.69) is 23.1 Å². The summed E-state index contributed by atoms with van der Waals surface area (Å²) in [4.78, 5) is 4.11. The molecule has 0 saturated carbocycles. The normalized spacial score (nSPS) is 10.8. The van der Waals surface area contributed by atoms with Crippen LogP contribution in [0.2, 0.25) is 0 Å². The molecule has 0 saturated heterocycles. The molecule has 62 valence electrons. The van der Waals surface area contributed by atoms with E-state index in [4.69, 9.17) is 0 Å². The monoisotopic (exact) mass is 161 g/mol. The molecule has 2 rings (SSSR count). The van der Waals surface area contributed by atoms with Gasteiger partial charge in [0.05, 0.1) is 0 Å². The molecule has 0 unspecified atom stereocenters.